The van der Waals surface area contributed by atoms with Gasteiger partial charge in [0, 0.05) is 22.1 Å². The zero-order valence-electron chi connectivity index (χ0n) is 15.1. The monoisotopic (exact) mass is 363 g/mol. The lowest BCUT2D eigenvalue weighted by molar-refractivity contribution is 0.112. The first-order valence-electron chi connectivity index (χ1n) is 8.29. The van der Waals surface area contributed by atoms with Gasteiger partial charge in [-0.1, -0.05) is 0 Å². The minimum atomic E-state index is -0.320. The molecule has 0 bridgehead atoms. The van der Waals surface area contributed by atoms with Crippen LogP contribution in [0.25, 0.3) is 27.7 Å². The number of hydrogen-bond donors (Lipinski definition) is 1. The average Bonchev–Trinajstić information content (AvgIpc) is 3.07. The highest BCUT2D eigenvalue weighted by Gasteiger charge is 2.17. The first kappa shape index (κ1) is 16.8. The summed E-state index contributed by atoms with van der Waals surface area (Å²) in [6.07, 6.45) is 0.777. The molecule has 0 aliphatic rings. The fraction of sp³-hybridized carbons (Fsp3) is 0.150. The Hall–Kier alpha value is -3.61. The normalized spacial score (nSPS) is 11.1. The standard InChI is InChI=1S/C20H17N3O4/c1-11-6-19-21-22-20(25)23(19)16-8-15(18(27-3)9-13(11)16)14-7-12(10-24)4-5-17(14)26-2/h4-10H,1-3H3,(H,22,25). The highest BCUT2D eigenvalue weighted by molar-refractivity contribution is 5.94. The number of carbonyl (C=O) groups excluding carboxylic acids is 1. The minimum Gasteiger partial charge on any atom is -0.496 e. The third kappa shape index (κ3) is 2.55. The molecule has 136 valence electrons. The molecule has 0 fully saturated rings. The summed E-state index contributed by atoms with van der Waals surface area (Å²) in [4.78, 5) is 23.5. The molecule has 0 atom stereocenters. The predicted molar refractivity (Wildman–Crippen MR) is 102 cm³/mol. The number of aryl methyl sites for hydroxylation is 1. The molecule has 0 saturated heterocycles. The predicted octanol–water partition coefficient (Wildman–Crippen LogP) is 2.98. The Morgan fingerprint density at radius 2 is 1.78 bits per heavy atom. The Morgan fingerprint density at radius 3 is 2.48 bits per heavy atom. The van der Waals surface area contributed by atoms with E-state index in [0.717, 1.165) is 17.2 Å². The summed E-state index contributed by atoms with van der Waals surface area (Å²) in [6, 6.07) is 10.7. The first-order chi connectivity index (χ1) is 13.1. The third-order valence-corrected chi connectivity index (χ3v) is 4.68. The number of carbonyl (C=O) groups is 1. The van der Waals surface area contributed by atoms with Crippen molar-refractivity contribution in [2.45, 2.75) is 6.92 Å². The average molecular weight is 363 g/mol. The van der Waals surface area contributed by atoms with Gasteiger partial charge in [-0.05, 0) is 48.9 Å². The third-order valence-electron chi connectivity index (χ3n) is 4.68. The molecule has 7 nitrogen and oxygen atoms in total. The molecular formula is C20H17N3O4. The second-order valence-corrected chi connectivity index (χ2v) is 6.20. The quantitative estimate of drug-likeness (QED) is 0.564. The van der Waals surface area contributed by atoms with Crippen LogP contribution in [0.1, 0.15) is 15.9 Å². The number of aromatic amines is 1. The van der Waals surface area contributed by atoms with Crippen molar-refractivity contribution in [3.05, 3.63) is 58.0 Å². The topological polar surface area (TPSA) is 85.7 Å². The van der Waals surface area contributed by atoms with Gasteiger partial charge in [-0.3, -0.25) is 4.79 Å². The summed E-state index contributed by atoms with van der Waals surface area (Å²) < 4.78 is 12.6. The maximum atomic E-state index is 12.3. The van der Waals surface area contributed by atoms with Crippen molar-refractivity contribution in [3.63, 3.8) is 0 Å². The lowest BCUT2D eigenvalue weighted by Gasteiger charge is -2.15. The molecule has 0 unspecified atom stereocenters. The van der Waals surface area contributed by atoms with Crippen LogP contribution in [0.4, 0.5) is 0 Å². The van der Waals surface area contributed by atoms with Crippen LogP contribution in [-0.4, -0.2) is 35.1 Å². The second-order valence-electron chi connectivity index (χ2n) is 6.20. The number of methoxy groups -OCH3 is 2. The number of ether oxygens (including phenoxy) is 2. The Balaban J connectivity index is 2.15. The van der Waals surface area contributed by atoms with Gasteiger partial charge >= 0.3 is 5.69 Å². The van der Waals surface area contributed by atoms with Crippen LogP contribution in [0.5, 0.6) is 11.5 Å². The number of benzene rings is 2. The molecule has 4 rings (SSSR count). The van der Waals surface area contributed by atoms with Crippen molar-refractivity contribution in [2.24, 2.45) is 0 Å². The number of H-pyrrole nitrogens is 1. The number of nitrogens with zero attached hydrogens (tertiary/aromatic N) is 2. The highest BCUT2D eigenvalue weighted by Crippen LogP contribution is 2.40. The van der Waals surface area contributed by atoms with Crippen molar-refractivity contribution < 1.29 is 14.3 Å². The van der Waals surface area contributed by atoms with Crippen molar-refractivity contribution in [3.8, 4) is 22.6 Å². The highest BCUT2D eigenvalue weighted by atomic mass is 16.5. The molecule has 27 heavy (non-hydrogen) atoms. The maximum Gasteiger partial charge on any atom is 0.348 e. The molecule has 7 heteroatoms. The second kappa shape index (κ2) is 6.28. The maximum absolute atomic E-state index is 12.3. The van der Waals surface area contributed by atoms with Crippen LogP contribution in [0.3, 0.4) is 0 Å². The number of rotatable bonds is 4. The van der Waals surface area contributed by atoms with Gasteiger partial charge < -0.3 is 9.47 Å². The number of fused-ring (bicyclic) bond motifs is 3. The Labute approximate surface area is 154 Å². The van der Waals surface area contributed by atoms with Gasteiger partial charge in [0.15, 0.2) is 5.65 Å². The lowest BCUT2D eigenvalue weighted by Crippen LogP contribution is -2.10. The molecule has 0 saturated carbocycles. The molecule has 2 aromatic carbocycles. The zero-order chi connectivity index (χ0) is 19.1. The largest absolute Gasteiger partial charge is 0.496 e. The van der Waals surface area contributed by atoms with E-state index in [0.29, 0.717) is 39.4 Å². The lowest BCUT2D eigenvalue weighted by atomic mass is 9.98. The fourth-order valence-corrected chi connectivity index (χ4v) is 3.37. The summed E-state index contributed by atoms with van der Waals surface area (Å²) in [6.45, 7) is 1.95. The van der Waals surface area contributed by atoms with Crippen LogP contribution in [-0.2, 0) is 0 Å². The Bertz CT molecular complexity index is 1250. The van der Waals surface area contributed by atoms with Crippen LogP contribution < -0.4 is 15.2 Å². The van der Waals surface area contributed by atoms with E-state index in [4.69, 9.17) is 9.47 Å². The molecule has 0 spiro atoms. The number of aldehydes is 1. The molecule has 0 aliphatic carbocycles. The zero-order valence-corrected chi connectivity index (χ0v) is 15.1. The molecule has 0 radical (unpaired) electrons. The molecule has 1 N–H and O–H groups in total. The number of nitrogens with one attached hydrogen (secondary N) is 1. The summed E-state index contributed by atoms with van der Waals surface area (Å²) in [5, 5.41) is 7.41. The smallest absolute Gasteiger partial charge is 0.348 e. The molecular weight excluding hydrogens is 346 g/mol. The summed E-state index contributed by atoms with van der Waals surface area (Å²) in [5.41, 5.74) is 3.81. The molecule has 0 aliphatic heterocycles. The fourth-order valence-electron chi connectivity index (χ4n) is 3.37. The summed E-state index contributed by atoms with van der Waals surface area (Å²) >= 11 is 0. The Morgan fingerprint density at radius 1 is 1.04 bits per heavy atom. The van der Waals surface area contributed by atoms with Crippen molar-refractivity contribution in [2.75, 3.05) is 14.2 Å². The summed E-state index contributed by atoms with van der Waals surface area (Å²) in [5.74, 6) is 1.21. The van der Waals surface area contributed by atoms with Crippen LogP contribution in [0, 0.1) is 6.92 Å². The van der Waals surface area contributed by atoms with Gasteiger partial charge in [-0.25, -0.2) is 14.3 Å². The van der Waals surface area contributed by atoms with E-state index < -0.39 is 0 Å². The van der Waals surface area contributed by atoms with E-state index >= 15 is 0 Å². The molecule has 4 aromatic rings. The molecule has 2 aromatic heterocycles. The van der Waals surface area contributed by atoms with E-state index in [1.165, 1.54) is 4.40 Å². The molecule has 0 amide bonds. The number of aromatic nitrogens is 3. The SMILES string of the molecule is COc1ccc(C=O)cc1-c1cc2c(cc1OC)c(C)cc1n[nH]c(=O)n12. The number of hydrogen-bond acceptors (Lipinski definition) is 5. The van der Waals surface area contributed by atoms with Crippen molar-refractivity contribution >= 4 is 22.8 Å². The van der Waals surface area contributed by atoms with Gasteiger partial charge in [-0.15, -0.1) is 0 Å². The number of pyridine rings is 1. The van der Waals surface area contributed by atoms with Gasteiger partial charge in [-0.2, -0.15) is 5.10 Å². The van der Waals surface area contributed by atoms with Crippen LogP contribution in [0.15, 0.2) is 41.2 Å². The van der Waals surface area contributed by atoms with E-state index in [2.05, 4.69) is 10.2 Å². The van der Waals surface area contributed by atoms with Gasteiger partial charge in [0.25, 0.3) is 0 Å². The van der Waals surface area contributed by atoms with E-state index in [1.807, 2.05) is 25.1 Å². The van der Waals surface area contributed by atoms with Gasteiger partial charge in [0.1, 0.15) is 17.8 Å². The van der Waals surface area contributed by atoms with E-state index in [1.54, 1.807) is 32.4 Å². The van der Waals surface area contributed by atoms with E-state index in [9.17, 15) is 9.59 Å². The van der Waals surface area contributed by atoms with Crippen LogP contribution in [0.2, 0.25) is 0 Å². The van der Waals surface area contributed by atoms with Crippen molar-refractivity contribution in [1.29, 1.82) is 0 Å². The van der Waals surface area contributed by atoms with Gasteiger partial charge in [0.2, 0.25) is 0 Å². The molecule has 2 heterocycles. The van der Waals surface area contributed by atoms with Crippen LogP contribution >= 0.6 is 0 Å². The Kier molecular flexibility index (Phi) is 3.92. The minimum absolute atomic E-state index is 0.320. The summed E-state index contributed by atoms with van der Waals surface area (Å²) in [7, 11) is 3.15. The van der Waals surface area contributed by atoms with Crippen molar-refractivity contribution in [1.82, 2.24) is 14.6 Å². The first-order valence-corrected chi connectivity index (χ1v) is 8.29. The van der Waals surface area contributed by atoms with E-state index in [-0.39, 0.29) is 5.69 Å². The van der Waals surface area contributed by atoms with Gasteiger partial charge in [0.05, 0.1) is 19.7 Å².